The van der Waals surface area contributed by atoms with Crippen molar-refractivity contribution in [1.29, 1.82) is 0 Å². The van der Waals surface area contributed by atoms with E-state index in [0.717, 1.165) is 11.6 Å². The van der Waals surface area contributed by atoms with Crippen molar-refractivity contribution in [2.45, 2.75) is 6.54 Å². The summed E-state index contributed by atoms with van der Waals surface area (Å²) in [5, 5.41) is 30.5. The van der Waals surface area contributed by atoms with Crippen LogP contribution in [0.15, 0.2) is 64.3 Å². The van der Waals surface area contributed by atoms with Gasteiger partial charge >= 0.3 is 6.03 Å². The van der Waals surface area contributed by atoms with Gasteiger partial charge in [-0.2, -0.15) is 0 Å². The van der Waals surface area contributed by atoms with Gasteiger partial charge in [-0.1, -0.05) is 23.7 Å². The Kier molecular flexibility index (Phi) is 9.21. The number of guanidine groups is 1. The van der Waals surface area contributed by atoms with Gasteiger partial charge < -0.3 is 30.1 Å². The van der Waals surface area contributed by atoms with Crippen LogP contribution in [-0.4, -0.2) is 47.1 Å². The molecular weight excluding hydrogens is 469 g/mol. The van der Waals surface area contributed by atoms with Crippen molar-refractivity contribution in [2.24, 2.45) is 10.9 Å². The van der Waals surface area contributed by atoms with Gasteiger partial charge in [-0.3, -0.25) is 5.32 Å². The number of urea groups is 1. The normalized spacial score (nSPS) is 11.4. The molecule has 0 spiro atoms. The fraction of sp³-hybridized carbons (Fsp3) is 0.227. The van der Waals surface area contributed by atoms with Crippen LogP contribution in [0.2, 0.25) is 5.02 Å². The highest BCUT2D eigenvalue weighted by Crippen LogP contribution is 2.26. The monoisotopic (exact) mass is 491 g/mol. The topological polar surface area (TPSA) is 141 Å². The maximum absolute atomic E-state index is 14.5. The molecule has 3 aromatic rings. The highest BCUT2D eigenvalue weighted by molar-refractivity contribution is 6.30. The number of halogens is 2. The zero-order chi connectivity index (χ0) is 24.3. The molecule has 3 rings (SSSR count). The van der Waals surface area contributed by atoms with Gasteiger partial charge in [-0.05, 0) is 35.0 Å². The lowest BCUT2D eigenvalue weighted by atomic mass is 10.2. The Morgan fingerprint density at radius 2 is 1.91 bits per heavy atom. The summed E-state index contributed by atoms with van der Waals surface area (Å²) in [6.07, 6.45) is 1.30. The Labute approximate surface area is 199 Å². The average molecular weight is 492 g/mol. The second-order valence-electron chi connectivity index (χ2n) is 7.06. The molecule has 10 nitrogen and oxygen atoms in total. The van der Waals surface area contributed by atoms with Crippen molar-refractivity contribution in [1.82, 2.24) is 21.1 Å². The van der Waals surface area contributed by atoms with Gasteiger partial charge in [-0.25, -0.2) is 14.2 Å². The van der Waals surface area contributed by atoms with Gasteiger partial charge in [0.05, 0.1) is 5.69 Å². The van der Waals surface area contributed by atoms with E-state index >= 15 is 0 Å². The Balaban J connectivity index is 1.73. The van der Waals surface area contributed by atoms with E-state index in [-0.39, 0.29) is 43.0 Å². The number of carbonyl (C=O) groups excluding carboxylic acids is 1. The molecule has 34 heavy (non-hydrogen) atoms. The fourth-order valence-corrected chi connectivity index (χ4v) is 2.74. The van der Waals surface area contributed by atoms with Crippen LogP contribution in [0, 0.1) is 11.7 Å². The summed E-state index contributed by atoms with van der Waals surface area (Å²) < 4.78 is 24.4. The molecule has 0 bridgehead atoms. The number of ether oxygens (including phenoxy) is 1. The van der Waals surface area contributed by atoms with Gasteiger partial charge in [0, 0.05) is 49.4 Å². The molecule has 0 saturated heterocycles. The van der Waals surface area contributed by atoms with Crippen LogP contribution in [0.3, 0.4) is 0 Å². The highest BCUT2D eigenvalue weighted by atomic mass is 35.5. The molecule has 0 saturated carbocycles. The molecule has 2 aromatic carbocycles. The average Bonchev–Trinajstić information content (AvgIpc) is 3.34. The third-order valence-corrected chi connectivity index (χ3v) is 4.71. The van der Waals surface area contributed by atoms with Crippen molar-refractivity contribution in [2.75, 3.05) is 19.8 Å². The van der Waals surface area contributed by atoms with Crippen molar-refractivity contribution >= 4 is 29.3 Å². The van der Waals surface area contributed by atoms with E-state index in [1.54, 1.807) is 24.3 Å². The van der Waals surface area contributed by atoms with Crippen LogP contribution in [0.25, 0.3) is 0 Å². The van der Waals surface area contributed by atoms with Crippen molar-refractivity contribution < 1.29 is 28.7 Å². The predicted octanol–water partition coefficient (Wildman–Crippen LogP) is 2.94. The van der Waals surface area contributed by atoms with E-state index in [1.165, 1.54) is 24.5 Å². The van der Waals surface area contributed by atoms with E-state index < -0.39 is 17.8 Å². The second kappa shape index (κ2) is 12.5. The SMILES string of the molecule is O=C(NCC(CO)CO)N/C(=N\c1ccc(Oc2ccon2)c(F)c1)NCc1ccc(Cl)cc1. The minimum absolute atomic E-state index is 0.0431. The fourth-order valence-electron chi connectivity index (χ4n) is 2.61. The zero-order valence-electron chi connectivity index (χ0n) is 17.9. The number of rotatable bonds is 9. The number of hydrogen-bond donors (Lipinski definition) is 5. The lowest BCUT2D eigenvalue weighted by Crippen LogP contribution is -2.47. The number of nitrogens with zero attached hydrogens (tertiary/aromatic N) is 2. The van der Waals surface area contributed by atoms with E-state index in [0.29, 0.717) is 11.6 Å². The largest absolute Gasteiger partial charge is 0.433 e. The first kappa shape index (κ1) is 25.0. The van der Waals surface area contributed by atoms with E-state index in [1.807, 2.05) is 0 Å². The number of benzene rings is 2. The maximum atomic E-state index is 14.5. The number of carbonyl (C=O) groups is 1. The van der Waals surface area contributed by atoms with Gasteiger partial charge in [-0.15, -0.1) is 0 Å². The van der Waals surface area contributed by atoms with Gasteiger partial charge in [0.15, 0.2) is 11.6 Å². The number of hydrogen-bond acceptors (Lipinski definition) is 7. The first-order valence-corrected chi connectivity index (χ1v) is 10.6. The van der Waals surface area contributed by atoms with E-state index in [9.17, 15) is 9.18 Å². The maximum Gasteiger partial charge on any atom is 0.321 e. The number of amides is 2. The number of aliphatic imine (C=N–C) groups is 1. The van der Waals surface area contributed by atoms with Crippen LogP contribution in [0.5, 0.6) is 11.6 Å². The number of aliphatic hydroxyl groups excluding tert-OH is 2. The zero-order valence-corrected chi connectivity index (χ0v) is 18.6. The molecule has 0 aliphatic heterocycles. The molecule has 0 atom stereocenters. The number of aliphatic hydroxyl groups is 2. The molecule has 0 aliphatic rings. The lowest BCUT2D eigenvalue weighted by Gasteiger charge is -2.15. The van der Waals surface area contributed by atoms with Crippen molar-refractivity contribution in [3.05, 3.63) is 71.2 Å². The van der Waals surface area contributed by atoms with Crippen LogP contribution in [0.1, 0.15) is 5.56 Å². The van der Waals surface area contributed by atoms with Crippen molar-refractivity contribution in [3.8, 4) is 11.6 Å². The van der Waals surface area contributed by atoms with Gasteiger partial charge in [0.25, 0.3) is 5.88 Å². The summed E-state index contributed by atoms with van der Waals surface area (Å²) in [7, 11) is 0. The van der Waals surface area contributed by atoms with E-state index in [4.69, 9.17) is 26.6 Å². The molecular formula is C22H23ClFN5O5. The Hall–Kier alpha value is -3.67. The predicted molar refractivity (Wildman–Crippen MR) is 123 cm³/mol. The van der Waals surface area contributed by atoms with Gasteiger partial charge in [0.2, 0.25) is 5.96 Å². The smallest absolute Gasteiger partial charge is 0.321 e. The lowest BCUT2D eigenvalue weighted by molar-refractivity contribution is 0.149. The molecule has 1 aromatic heterocycles. The first-order chi connectivity index (χ1) is 16.5. The standard InChI is InChI=1S/C22H23ClFN5O5/c23-16-3-1-14(2-4-16)10-25-21(28-22(32)26-11-15(12-30)13-31)27-17-5-6-19(18(24)9-17)34-20-7-8-33-29-20/h1-9,15,30-31H,10-13H2,(H3,25,26,27,28,32). The molecule has 0 unspecified atom stereocenters. The molecule has 0 radical (unpaired) electrons. The minimum Gasteiger partial charge on any atom is -0.433 e. The highest BCUT2D eigenvalue weighted by Gasteiger charge is 2.12. The van der Waals surface area contributed by atoms with Gasteiger partial charge in [0.1, 0.15) is 6.26 Å². The minimum atomic E-state index is -0.695. The van der Waals surface area contributed by atoms with Crippen molar-refractivity contribution in [3.63, 3.8) is 0 Å². The summed E-state index contributed by atoms with van der Waals surface area (Å²) in [5.74, 6) is -1.13. The number of nitrogens with one attached hydrogen (secondary N) is 3. The summed E-state index contributed by atoms with van der Waals surface area (Å²) in [4.78, 5) is 16.6. The molecule has 0 aliphatic carbocycles. The van der Waals surface area contributed by atoms with Crippen LogP contribution >= 0.6 is 11.6 Å². The third-order valence-electron chi connectivity index (χ3n) is 4.46. The molecule has 12 heteroatoms. The molecule has 2 amide bonds. The van der Waals surface area contributed by atoms with Crippen LogP contribution in [-0.2, 0) is 6.54 Å². The molecule has 180 valence electrons. The Morgan fingerprint density at radius 1 is 1.15 bits per heavy atom. The Bertz CT molecular complexity index is 1090. The first-order valence-electron chi connectivity index (χ1n) is 10.2. The summed E-state index contributed by atoms with van der Waals surface area (Å²) in [6.45, 7) is -0.225. The van der Waals surface area contributed by atoms with Crippen LogP contribution in [0.4, 0.5) is 14.9 Å². The second-order valence-corrected chi connectivity index (χ2v) is 7.50. The summed E-state index contributed by atoms with van der Waals surface area (Å²) in [5.41, 5.74) is 1.06. The molecule has 1 heterocycles. The summed E-state index contributed by atoms with van der Waals surface area (Å²) in [6, 6.07) is 11.9. The van der Waals surface area contributed by atoms with E-state index in [2.05, 4.69) is 30.6 Å². The molecule has 0 fully saturated rings. The summed E-state index contributed by atoms with van der Waals surface area (Å²) >= 11 is 5.91. The number of aromatic nitrogens is 1. The Morgan fingerprint density at radius 3 is 2.56 bits per heavy atom. The third kappa shape index (κ3) is 7.73. The van der Waals surface area contributed by atoms with Crippen LogP contribution < -0.4 is 20.7 Å². The quantitative estimate of drug-likeness (QED) is 0.229. The molecule has 5 N–H and O–H groups in total.